The van der Waals surface area contributed by atoms with Gasteiger partial charge in [-0.2, -0.15) is 0 Å². The Morgan fingerprint density at radius 3 is 2.34 bits per heavy atom. The van der Waals surface area contributed by atoms with E-state index in [9.17, 15) is 22.4 Å². The summed E-state index contributed by atoms with van der Waals surface area (Å²) in [5.41, 5.74) is 0.232. The summed E-state index contributed by atoms with van der Waals surface area (Å²) in [6.45, 7) is -0.915. The summed E-state index contributed by atoms with van der Waals surface area (Å²) >= 11 is 5.77. The first-order chi connectivity index (χ1) is 15.2. The zero-order chi connectivity index (χ0) is 23.1. The SMILES string of the molecule is O=C(CN(C(=O)CNS(=O)(=O)c1ccc(Cl)cc1)c1ccc(F)cc1)NCc1ccco1. The molecular formula is C21H19ClFN3O5S. The summed E-state index contributed by atoms with van der Waals surface area (Å²) in [7, 11) is -3.99. The van der Waals surface area contributed by atoms with Crippen molar-refractivity contribution in [1.82, 2.24) is 10.0 Å². The van der Waals surface area contributed by atoms with Crippen LogP contribution in [0, 0.1) is 5.82 Å². The molecule has 0 saturated carbocycles. The van der Waals surface area contributed by atoms with Crippen molar-refractivity contribution in [1.29, 1.82) is 0 Å². The Morgan fingerprint density at radius 1 is 1.03 bits per heavy atom. The molecule has 2 amide bonds. The Balaban J connectivity index is 1.70. The fourth-order valence-corrected chi connectivity index (χ4v) is 3.79. The maximum absolute atomic E-state index is 13.3. The molecule has 2 N–H and O–H groups in total. The van der Waals surface area contributed by atoms with Crippen molar-refractivity contribution in [3.63, 3.8) is 0 Å². The number of halogens is 2. The summed E-state index contributed by atoms with van der Waals surface area (Å²) < 4.78 is 45.5. The molecule has 0 bridgehead atoms. The maximum Gasteiger partial charge on any atom is 0.242 e. The van der Waals surface area contributed by atoms with E-state index in [2.05, 4.69) is 10.0 Å². The smallest absolute Gasteiger partial charge is 0.242 e. The predicted octanol–water partition coefficient (Wildman–Crippen LogP) is 2.70. The standard InChI is InChI=1S/C21H19ClFN3O5S/c22-15-3-9-19(10-4-15)32(29,30)25-13-21(28)26(17-7-5-16(23)6-8-17)14-20(27)24-12-18-2-1-11-31-18/h1-11,25H,12-14H2,(H,24,27). The van der Waals surface area contributed by atoms with Gasteiger partial charge in [0.05, 0.1) is 24.2 Å². The van der Waals surface area contributed by atoms with Crippen LogP contribution < -0.4 is 14.9 Å². The van der Waals surface area contributed by atoms with Gasteiger partial charge in [-0.3, -0.25) is 9.59 Å². The lowest BCUT2D eigenvalue weighted by atomic mass is 10.2. The zero-order valence-corrected chi connectivity index (χ0v) is 18.2. The van der Waals surface area contributed by atoms with Gasteiger partial charge in [-0.1, -0.05) is 11.6 Å². The second-order valence-corrected chi connectivity index (χ2v) is 8.79. The van der Waals surface area contributed by atoms with E-state index in [1.54, 1.807) is 12.1 Å². The van der Waals surface area contributed by atoms with Crippen LogP contribution in [0.5, 0.6) is 0 Å². The lowest BCUT2D eigenvalue weighted by molar-refractivity contribution is -0.123. The monoisotopic (exact) mass is 479 g/mol. The number of sulfonamides is 1. The molecule has 0 unspecified atom stereocenters. The van der Waals surface area contributed by atoms with Gasteiger partial charge in [-0.25, -0.2) is 17.5 Å². The van der Waals surface area contributed by atoms with Crippen LogP contribution in [0.15, 0.2) is 76.2 Å². The van der Waals surface area contributed by atoms with Crippen LogP contribution in [0.3, 0.4) is 0 Å². The highest BCUT2D eigenvalue weighted by Crippen LogP contribution is 2.16. The number of carbonyl (C=O) groups is 2. The van der Waals surface area contributed by atoms with Crippen LogP contribution in [-0.4, -0.2) is 33.3 Å². The van der Waals surface area contributed by atoms with Crippen molar-refractivity contribution in [2.75, 3.05) is 18.0 Å². The summed E-state index contributed by atoms with van der Waals surface area (Å²) in [6, 6.07) is 13.7. The predicted molar refractivity (Wildman–Crippen MR) is 116 cm³/mol. The van der Waals surface area contributed by atoms with Gasteiger partial charge in [0.1, 0.15) is 18.1 Å². The fourth-order valence-electron chi connectivity index (χ4n) is 2.69. The minimum absolute atomic E-state index is 0.0702. The highest BCUT2D eigenvalue weighted by atomic mass is 35.5. The molecule has 0 fully saturated rings. The first-order valence-corrected chi connectivity index (χ1v) is 11.2. The zero-order valence-electron chi connectivity index (χ0n) is 16.6. The number of nitrogens with zero attached hydrogens (tertiary/aromatic N) is 1. The topological polar surface area (TPSA) is 109 Å². The number of hydrogen-bond acceptors (Lipinski definition) is 5. The van der Waals surface area contributed by atoms with Gasteiger partial charge in [0.25, 0.3) is 0 Å². The van der Waals surface area contributed by atoms with Crippen molar-refractivity contribution in [2.24, 2.45) is 0 Å². The summed E-state index contributed by atoms with van der Waals surface area (Å²) in [4.78, 5) is 26.2. The van der Waals surface area contributed by atoms with Gasteiger partial charge in [-0.05, 0) is 60.7 Å². The Kier molecular flexibility index (Phi) is 7.62. The Bertz CT molecular complexity index is 1170. The quantitative estimate of drug-likeness (QED) is 0.490. The van der Waals surface area contributed by atoms with Crippen LogP contribution in [0.25, 0.3) is 0 Å². The van der Waals surface area contributed by atoms with Crippen LogP contribution in [-0.2, 0) is 26.2 Å². The summed E-state index contributed by atoms with van der Waals surface area (Å²) in [5, 5.41) is 2.97. The molecule has 11 heteroatoms. The van der Waals surface area contributed by atoms with Crippen molar-refractivity contribution in [3.8, 4) is 0 Å². The van der Waals surface area contributed by atoms with Crippen LogP contribution in [0.2, 0.25) is 5.02 Å². The maximum atomic E-state index is 13.3. The molecule has 168 valence electrons. The van der Waals surface area contributed by atoms with Crippen molar-refractivity contribution < 1.29 is 26.8 Å². The van der Waals surface area contributed by atoms with Gasteiger partial charge < -0.3 is 14.6 Å². The Labute approximate surface area is 189 Å². The number of benzene rings is 2. The minimum atomic E-state index is -3.99. The molecule has 1 heterocycles. The number of nitrogens with one attached hydrogen (secondary N) is 2. The first-order valence-electron chi connectivity index (χ1n) is 9.35. The third-order valence-electron chi connectivity index (χ3n) is 4.32. The molecule has 1 aromatic heterocycles. The normalized spacial score (nSPS) is 11.2. The molecule has 0 aliphatic carbocycles. The van der Waals surface area contributed by atoms with E-state index >= 15 is 0 Å². The van der Waals surface area contributed by atoms with Gasteiger partial charge in [-0.15, -0.1) is 0 Å². The third-order valence-corrected chi connectivity index (χ3v) is 5.99. The lowest BCUT2D eigenvalue weighted by Gasteiger charge is -2.22. The molecule has 0 atom stereocenters. The number of rotatable bonds is 9. The van der Waals surface area contributed by atoms with E-state index < -0.39 is 40.7 Å². The molecular weight excluding hydrogens is 461 g/mol. The number of amides is 2. The van der Waals surface area contributed by atoms with Gasteiger partial charge in [0, 0.05) is 10.7 Å². The van der Waals surface area contributed by atoms with Gasteiger partial charge >= 0.3 is 0 Å². The van der Waals surface area contributed by atoms with Crippen LogP contribution in [0.1, 0.15) is 5.76 Å². The second-order valence-electron chi connectivity index (χ2n) is 6.59. The van der Waals surface area contributed by atoms with E-state index in [1.807, 2.05) is 0 Å². The minimum Gasteiger partial charge on any atom is -0.467 e. The highest BCUT2D eigenvalue weighted by molar-refractivity contribution is 7.89. The molecule has 3 rings (SSSR count). The Hall–Kier alpha value is -3.21. The fraction of sp³-hybridized carbons (Fsp3) is 0.143. The number of hydrogen-bond donors (Lipinski definition) is 2. The Morgan fingerprint density at radius 2 is 1.72 bits per heavy atom. The first kappa shape index (κ1) is 23.5. The van der Waals surface area contributed by atoms with Crippen LogP contribution in [0.4, 0.5) is 10.1 Å². The molecule has 2 aromatic carbocycles. The third kappa shape index (κ3) is 6.39. The summed E-state index contributed by atoms with van der Waals surface area (Å²) in [6.07, 6.45) is 1.46. The molecule has 0 aliphatic heterocycles. The largest absolute Gasteiger partial charge is 0.467 e. The lowest BCUT2D eigenvalue weighted by Crippen LogP contribution is -2.45. The number of anilines is 1. The molecule has 3 aromatic rings. The van der Waals surface area contributed by atoms with E-state index in [0.29, 0.717) is 10.8 Å². The van der Waals surface area contributed by atoms with E-state index in [0.717, 1.165) is 17.0 Å². The average Bonchev–Trinajstić information content (AvgIpc) is 3.29. The second kappa shape index (κ2) is 10.4. The van der Waals surface area contributed by atoms with Gasteiger partial charge in [0.2, 0.25) is 21.8 Å². The molecule has 0 aliphatic rings. The van der Waals surface area contributed by atoms with Crippen LogP contribution >= 0.6 is 11.6 Å². The van der Waals surface area contributed by atoms with E-state index in [1.165, 1.54) is 42.7 Å². The number of furan rings is 1. The van der Waals surface area contributed by atoms with Crippen molar-refractivity contribution in [3.05, 3.63) is 83.5 Å². The number of carbonyl (C=O) groups excluding carboxylic acids is 2. The molecule has 0 spiro atoms. The summed E-state index contributed by atoms with van der Waals surface area (Å²) in [5.74, 6) is -1.22. The molecule has 32 heavy (non-hydrogen) atoms. The highest BCUT2D eigenvalue weighted by Gasteiger charge is 2.22. The van der Waals surface area contributed by atoms with E-state index in [-0.39, 0.29) is 17.1 Å². The average molecular weight is 480 g/mol. The molecule has 0 radical (unpaired) electrons. The van der Waals surface area contributed by atoms with Crippen molar-refractivity contribution >= 4 is 39.1 Å². The van der Waals surface area contributed by atoms with Gasteiger partial charge in [0.15, 0.2) is 0 Å². The van der Waals surface area contributed by atoms with E-state index in [4.69, 9.17) is 16.0 Å². The molecule has 8 nitrogen and oxygen atoms in total. The molecule has 0 saturated heterocycles. The van der Waals surface area contributed by atoms with Crippen molar-refractivity contribution in [2.45, 2.75) is 11.4 Å².